The van der Waals surface area contributed by atoms with Crippen LogP contribution in [0.2, 0.25) is 10.0 Å². The topological polar surface area (TPSA) is 50.9 Å². The molecule has 0 aliphatic rings. The summed E-state index contributed by atoms with van der Waals surface area (Å²) < 4.78 is 1.55. The first-order valence-electron chi connectivity index (χ1n) is 5.17. The van der Waals surface area contributed by atoms with Gasteiger partial charge in [0.05, 0.1) is 28.0 Å². The predicted molar refractivity (Wildman–Crippen MR) is 66.6 cm³/mol. The first-order chi connectivity index (χ1) is 8.11. The minimum Gasteiger partial charge on any atom is -0.387 e. The quantitative estimate of drug-likeness (QED) is 0.934. The molecule has 0 fully saturated rings. The van der Waals surface area contributed by atoms with Crippen molar-refractivity contribution in [2.24, 2.45) is 0 Å². The molecule has 1 atom stereocenters. The van der Waals surface area contributed by atoms with Crippen molar-refractivity contribution >= 4 is 23.2 Å². The number of halogens is 2. The van der Waals surface area contributed by atoms with Crippen LogP contribution in [0.15, 0.2) is 24.4 Å². The van der Waals surface area contributed by atoms with Crippen molar-refractivity contribution in [1.82, 2.24) is 15.0 Å². The van der Waals surface area contributed by atoms with Gasteiger partial charge in [0.25, 0.3) is 0 Å². The summed E-state index contributed by atoms with van der Waals surface area (Å²) in [6.07, 6.45) is 1.68. The van der Waals surface area contributed by atoms with Crippen LogP contribution in [0.25, 0.3) is 5.69 Å². The maximum atomic E-state index is 9.63. The number of nitrogens with zero attached hydrogens (tertiary/aromatic N) is 3. The van der Waals surface area contributed by atoms with Crippen LogP contribution < -0.4 is 0 Å². The second-order valence-corrected chi connectivity index (χ2v) is 4.42. The highest BCUT2D eigenvalue weighted by Crippen LogP contribution is 2.24. The average molecular weight is 272 g/mol. The van der Waals surface area contributed by atoms with E-state index in [0.717, 1.165) is 5.69 Å². The van der Waals surface area contributed by atoms with E-state index in [1.54, 1.807) is 29.1 Å². The molecule has 0 amide bonds. The van der Waals surface area contributed by atoms with E-state index in [1.807, 2.05) is 6.92 Å². The summed E-state index contributed by atoms with van der Waals surface area (Å²) in [6.45, 7) is 1.88. The van der Waals surface area contributed by atoms with Crippen LogP contribution in [0.3, 0.4) is 0 Å². The first kappa shape index (κ1) is 12.4. The lowest BCUT2D eigenvalue weighted by atomic mass is 10.2. The summed E-state index contributed by atoms with van der Waals surface area (Å²) in [5, 5.41) is 18.4. The number of benzene rings is 1. The van der Waals surface area contributed by atoms with Gasteiger partial charge in [-0.3, -0.25) is 0 Å². The monoisotopic (exact) mass is 271 g/mol. The summed E-state index contributed by atoms with van der Waals surface area (Å²) in [5.41, 5.74) is 1.29. The number of rotatable bonds is 3. The number of aliphatic hydroxyl groups is 1. The van der Waals surface area contributed by atoms with Crippen molar-refractivity contribution in [3.63, 3.8) is 0 Å². The van der Waals surface area contributed by atoms with Gasteiger partial charge >= 0.3 is 0 Å². The van der Waals surface area contributed by atoms with E-state index in [0.29, 0.717) is 22.2 Å². The molecule has 0 spiro atoms. The Morgan fingerprint density at radius 2 is 2.12 bits per heavy atom. The lowest BCUT2D eigenvalue weighted by Gasteiger charge is -2.02. The minimum absolute atomic E-state index is 0.456. The summed E-state index contributed by atoms with van der Waals surface area (Å²) in [5.74, 6) is 0. The Labute approximate surface area is 109 Å². The van der Waals surface area contributed by atoms with Gasteiger partial charge in [-0.05, 0) is 24.6 Å². The zero-order valence-electron chi connectivity index (χ0n) is 9.14. The van der Waals surface area contributed by atoms with Crippen molar-refractivity contribution < 1.29 is 5.11 Å². The lowest BCUT2D eigenvalue weighted by molar-refractivity contribution is 0.169. The highest BCUT2D eigenvalue weighted by Gasteiger charge is 2.10. The van der Waals surface area contributed by atoms with Crippen LogP contribution in [-0.4, -0.2) is 20.1 Å². The van der Waals surface area contributed by atoms with Crippen molar-refractivity contribution in [2.75, 3.05) is 0 Å². The van der Waals surface area contributed by atoms with Crippen LogP contribution >= 0.6 is 23.2 Å². The van der Waals surface area contributed by atoms with Gasteiger partial charge in [0.15, 0.2) is 0 Å². The molecule has 0 saturated heterocycles. The van der Waals surface area contributed by atoms with Crippen molar-refractivity contribution in [3.05, 3.63) is 40.1 Å². The Hall–Kier alpha value is -1.10. The van der Waals surface area contributed by atoms with Gasteiger partial charge < -0.3 is 5.11 Å². The minimum atomic E-state index is -0.591. The molecular formula is C11H11Cl2N3O. The molecule has 0 aliphatic carbocycles. The summed E-state index contributed by atoms with van der Waals surface area (Å²) in [7, 11) is 0. The molecule has 1 aromatic heterocycles. The molecule has 1 N–H and O–H groups in total. The Morgan fingerprint density at radius 1 is 1.35 bits per heavy atom. The fourth-order valence-electron chi connectivity index (χ4n) is 1.39. The molecule has 1 unspecified atom stereocenters. The van der Waals surface area contributed by atoms with Gasteiger partial charge in [0.2, 0.25) is 0 Å². The molecule has 4 nitrogen and oxygen atoms in total. The van der Waals surface area contributed by atoms with Gasteiger partial charge in [-0.15, -0.1) is 5.10 Å². The van der Waals surface area contributed by atoms with Crippen molar-refractivity contribution in [1.29, 1.82) is 0 Å². The van der Waals surface area contributed by atoms with Crippen LogP contribution in [-0.2, 0) is 0 Å². The van der Waals surface area contributed by atoms with Crippen LogP contribution in [0, 0.1) is 0 Å². The summed E-state index contributed by atoms with van der Waals surface area (Å²) in [4.78, 5) is 0. The predicted octanol–water partition coefficient (Wildman–Crippen LogP) is 3.02. The molecule has 0 radical (unpaired) electrons. The van der Waals surface area contributed by atoms with E-state index in [4.69, 9.17) is 23.2 Å². The zero-order chi connectivity index (χ0) is 12.4. The normalized spacial score (nSPS) is 12.7. The highest BCUT2D eigenvalue weighted by atomic mass is 35.5. The van der Waals surface area contributed by atoms with Gasteiger partial charge in [-0.2, -0.15) is 0 Å². The van der Waals surface area contributed by atoms with Gasteiger partial charge in [0, 0.05) is 0 Å². The molecule has 1 heterocycles. The number of hydrogen-bond acceptors (Lipinski definition) is 3. The third-order valence-electron chi connectivity index (χ3n) is 2.41. The van der Waals surface area contributed by atoms with Crippen molar-refractivity contribution in [2.45, 2.75) is 19.4 Å². The SMILES string of the molecule is CCC(O)c1cn(-c2ccc(Cl)c(Cl)c2)nn1. The van der Waals surface area contributed by atoms with Gasteiger partial charge in [-0.25, -0.2) is 4.68 Å². The molecule has 1 aromatic carbocycles. The lowest BCUT2D eigenvalue weighted by Crippen LogP contribution is -1.95. The maximum Gasteiger partial charge on any atom is 0.112 e. The second-order valence-electron chi connectivity index (χ2n) is 3.61. The molecule has 17 heavy (non-hydrogen) atoms. The third-order valence-corrected chi connectivity index (χ3v) is 3.15. The summed E-state index contributed by atoms with van der Waals surface area (Å²) in [6, 6.07) is 5.17. The molecule has 0 bridgehead atoms. The molecule has 0 saturated carbocycles. The number of aromatic nitrogens is 3. The van der Waals surface area contributed by atoms with Gasteiger partial charge in [0.1, 0.15) is 5.69 Å². The molecular weight excluding hydrogens is 261 g/mol. The van der Waals surface area contributed by atoms with E-state index < -0.39 is 6.10 Å². The van der Waals surface area contributed by atoms with Gasteiger partial charge in [-0.1, -0.05) is 35.3 Å². The maximum absolute atomic E-state index is 9.63. The average Bonchev–Trinajstić information content (AvgIpc) is 2.81. The molecule has 2 rings (SSSR count). The van der Waals surface area contributed by atoms with Crippen molar-refractivity contribution in [3.8, 4) is 5.69 Å². The zero-order valence-corrected chi connectivity index (χ0v) is 10.7. The largest absolute Gasteiger partial charge is 0.387 e. The number of aliphatic hydroxyl groups excluding tert-OH is 1. The molecule has 0 aliphatic heterocycles. The molecule has 90 valence electrons. The number of hydrogen-bond donors (Lipinski definition) is 1. The standard InChI is InChI=1S/C11H11Cl2N3O/c1-2-11(17)10-6-16(15-14-10)7-3-4-8(12)9(13)5-7/h3-6,11,17H,2H2,1H3. The molecule has 6 heteroatoms. The fourth-order valence-corrected chi connectivity index (χ4v) is 1.68. The Kier molecular flexibility index (Phi) is 3.66. The Bertz CT molecular complexity index is 527. The van der Waals surface area contributed by atoms with Crippen LogP contribution in [0.5, 0.6) is 0 Å². The second kappa shape index (κ2) is 5.04. The van der Waals surface area contributed by atoms with Crippen LogP contribution in [0.4, 0.5) is 0 Å². The Morgan fingerprint density at radius 3 is 2.76 bits per heavy atom. The summed E-state index contributed by atoms with van der Waals surface area (Å²) >= 11 is 11.7. The van der Waals surface area contributed by atoms with E-state index in [-0.39, 0.29) is 0 Å². The van der Waals surface area contributed by atoms with E-state index in [9.17, 15) is 5.11 Å². The van der Waals surface area contributed by atoms with E-state index >= 15 is 0 Å². The fraction of sp³-hybridized carbons (Fsp3) is 0.273. The van der Waals surface area contributed by atoms with E-state index in [2.05, 4.69) is 10.3 Å². The Balaban J connectivity index is 2.33. The smallest absolute Gasteiger partial charge is 0.112 e. The first-order valence-corrected chi connectivity index (χ1v) is 5.93. The highest BCUT2D eigenvalue weighted by molar-refractivity contribution is 6.42. The van der Waals surface area contributed by atoms with E-state index in [1.165, 1.54) is 0 Å². The third kappa shape index (κ3) is 2.60. The molecule has 2 aromatic rings. The van der Waals surface area contributed by atoms with Crippen LogP contribution in [0.1, 0.15) is 25.1 Å².